The summed E-state index contributed by atoms with van der Waals surface area (Å²) in [4.78, 5) is 8.12. The number of aliphatic imine (C=N–C) groups is 1. The first kappa shape index (κ1) is 19.9. The van der Waals surface area contributed by atoms with Crippen LogP contribution >= 0.6 is 0 Å². The Kier molecular flexibility index (Phi) is 7.04. The molecule has 2 heterocycles. The molecule has 3 N–H and O–H groups in total. The van der Waals surface area contributed by atoms with E-state index in [0.29, 0.717) is 6.54 Å². The van der Waals surface area contributed by atoms with Crippen LogP contribution in [0.4, 0.5) is 0 Å². The van der Waals surface area contributed by atoms with Crippen LogP contribution < -0.4 is 10.5 Å². The Morgan fingerprint density at radius 3 is 2.68 bits per heavy atom. The number of benzene rings is 1. The SMILES string of the molecule is CCCCOc1ccc(/C=C/C2=NC(=C(/CCN)c3ccc[nH]3)/C(C)=C2)cc1. The number of hydrogen-bond acceptors (Lipinski definition) is 3. The van der Waals surface area contributed by atoms with E-state index in [1.54, 1.807) is 0 Å². The zero-order chi connectivity index (χ0) is 19.8. The van der Waals surface area contributed by atoms with E-state index in [4.69, 9.17) is 15.5 Å². The van der Waals surface area contributed by atoms with Gasteiger partial charge >= 0.3 is 0 Å². The second-order valence-electron chi connectivity index (χ2n) is 6.92. The lowest BCUT2D eigenvalue weighted by Crippen LogP contribution is -2.02. The molecule has 3 rings (SSSR count). The number of allylic oxidation sites excluding steroid dienone is 3. The lowest BCUT2D eigenvalue weighted by molar-refractivity contribution is 0.309. The van der Waals surface area contributed by atoms with Gasteiger partial charge in [-0.1, -0.05) is 31.6 Å². The third kappa shape index (κ3) is 5.11. The van der Waals surface area contributed by atoms with E-state index in [1.807, 2.05) is 24.4 Å². The van der Waals surface area contributed by atoms with Gasteiger partial charge in [-0.2, -0.15) is 0 Å². The molecule has 2 aromatic rings. The van der Waals surface area contributed by atoms with Crippen LogP contribution in [0, 0.1) is 0 Å². The van der Waals surface area contributed by atoms with E-state index in [-0.39, 0.29) is 0 Å². The van der Waals surface area contributed by atoms with Crippen molar-refractivity contribution in [1.29, 1.82) is 0 Å². The maximum absolute atomic E-state index is 5.83. The van der Waals surface area contributed by atoms with Crippen molar-refractivity contribution >= 4 is 17.4 Å². The molecule has 0 saturated carbocycles. The number of nitrogens with one attached hydrogen (secondary N) is 1. The van der Waals surface area contributed by atoms with Crippen molar-refractivity contribution in [1.82, 2.24) is 4.98 Å². The van der Waals surface area contributed by atoms with Gasteiger partial charge in [0.25, 0.3) is 0 Å². The van der Waals surface area contributed by atoms with Crippen LogP contribution in [-0.4, -0.2) is 23.8 Å². The van der Waals surface area contributed by atoms with Gasteiger partial charge in [0.05, 0.1) is 18.0 Å². The van der Waals surface area contributed by atoms with Crippen molar-refractivity contribution in [3.63, 3.8) is 0 Å². The first-order valence-electron chi connectivity index (χ1n) is 9.96. The second kappa shape index (κ2) is 9.90. The smallest absolute Gasteiger partial charge is 0.119 e. The van der Waals surface area contributed by atoms with Gasteiger partial charge in [0.15, 0.2) is 0 Å². The third-order valence-electron chi connectivity index (χ3n) is 4.68. The van der Waals surface area contributed by atoms with Gasteiger partial charge in [-0.25, -0.2) is 4.99 Å². The lowest BCUT2D eigenvalue weighted by Gasteiger charge is -2.08. The van der Waals surface area contributed by atoms with Crippen LogP contribution in [0.3, 0.4) is 0 Å². The number of ether oxygens (including phenoxy) is 1. The summed E-state index contributed by atoms with van der Waals surface area (Å²) in [7, 11) is 0. The second-order valence-corrected chi connectivity index (χ2v) is 6.92. The van der Waals surface area contributed by atoms with Crippen molar-refractivity contribution in [2.45, 2.75) is 33.1 Å². The molecule has 0 unspecified atom stereocenters. The molecular formula is C24H29N3O. The maximum atomic E-state index is 5.83. The molecule has 0 spiro atoms. The number of aromatic nitrogens is 1. The molecule has 0 radical (unpaired) electrons. The Labute approximate surface area is 167 Å². The molecule has 0 aliphatic carbocycles. The van der Waals surface area contributed by atoms with Gasteiger partial charge in [0, 0.05) is 17.5 Å². The van der Waals surface area contributed by atoms with Crippen molar-refractivity contribution in [2.24, 2.45) is 10.7 Å². The van der Waals surface area contributed by atoms with Crippen molar-refractivity contribution in [3.05, 3.63) is 77.3 Å². The molecule has 4 nitrogen and oxygen atoms in total. The average Bonchev–Trinajstić information content (AvgIpc) is 3.36. The fourth-order valence-corrected chi connectivity index (χ4v) is 3.16. The molecule has 0 bridgehead atoms. The summed E-state index contributed by atoms with van der Waals surface area (Å²) in [6.07, 6.45) is 11.2. The standard InChI is InChI=1S/C24H29N3O/c1-3-4-16-28-21-11-8-19(9-12-21)7-10-20-17-18(2)24(27-20)22(13-14-25)23-6-5-15-26-23/h5-12,15,17,26H,3-4,13-14,16,25H2,1-2H3/b10-7+,24-22-. The van der Waals surface area contributed by atoms with Crippen molar-refractivity contribution in [3.8, 4) is 5.75 Å². The molecule has 0 amide bonds. The summed E-state index contributed by atoms with van der Waals surface area (Å²) in [5.41, 5.74) is 12.3. The zero-order valence-electron chi connectivity index (χ0n) is 16.7. The highest BCUT2D eigenvalue weighted by Gasteiger charge is 2.15. The zero-order valence-corrected chi connectivity index (χ0v) is 16.7. The number of nitrogens with zero attached hydrogens (tertiary/aromatic N) is 1. The molecule has 1 aromatic heterocycles. The quantitative estimate of drug-likeness (QED) is 0.579. The molecular weight excluding hydrogens is 346 g/mol. The number of nitrogens with two attached hydrogens (primary N) is 1. The summed E-state index contributed by atoms with van der Waals surface area (Å²) >= 11 is 0. The van der Waals surface area contributed by atoms with Crippen molar-refractivity contribution < 1.29 is 4.74 Å². The first-order valence-corrected chi connectivity index (χ1v) is 9.96. The van der Waals surface area contributed by atoms with E-state index >= 15 is 0 Å². The van der Waals surface area contributed by atoms with Crippen LogP contribution in [0.2, 0.25) is 0 Å². The van der Waals surface area contributed by atoms with Crippen LogP contribution in [0.5, 0.6) is 5.75 Å². The Bertz CT molecular complexity index is 884. The van der Waals surface area contributed by atoms with Crippen LogP contribution in [0.15, 0.2) is 71.0 Å². The Hall–Kier alpha value is -2.85. The lowest BCUT2D eigenvalue weighted by atomic mass is 10.0. The number of aromatic amines is 1. The van der Waals surface area contributed by atoms with Gasteiger partial charge in [-0.15, -0.1) is 0 Å². The predicted molar refractivity (Wildman–Crippen MR) is 118 cm³/mol. The Morgan fingerprint density at radius 2 is 2.00 bits per heavy atom. The van der Waals surface area contributed by atoms with Gasteiger partial charge in [-0.3, -0.25) is 0 Å². The molecule has 4 heteroatoms. The molecule has 1 aromatic carbocycles. The van der Waals surface area contributed by atoms with Crippen LogP contribution in [-0.2, 0) is 0 Å². The number of unbranched alkanes of at least 4 members (excludes halogenated alkanes) is 1. The fourth-order valence-electron chi connectivity index (χ4n) is 3.16. The highest BCUT2D eigenvalue weighted by molar-refractivity contribution is 6.10. The van der Waals surface area contributed by atoms with E-state index in [2.05, 4.69) is 55.3 Å². The largest absolute Gasteiger partial charge is 0.494 e. The summed E-state index contributed by atoms with van der Waals surface area (Å²) < 4.78 is 5.72. The van der Waals surface area contributed by atoms with Gasteiger partial charge in [0.1, 0.15) is 5.75 Å². The molecule has 28 heavy (non-hydrogen) atoms. The van der Waals surface area contributed by atoms with Gasteiger partial charge < -0.3 is 15.5 Å². The Morgan fingerprint density at radius 1 is 1.18 bits per heavy atom. The molecule has 0 saturated heterocycles. The third-order valence-corrected chi connectivity index (χ3v) is 4.68. The molecule has 146 valence electrons. The summed E-state index contributed by atoms with van der Waals surface area (Å²) in [6, 6.07) is 12.2. The van der Waals surface area contributed by atoms with E-state index in [0.717, 1.165) is 59.9 Å². The minimum absolute atomic E-state index is 0.596. The Balaban J connectivity index is 1.74. The molecule has 1 aliphatic heterocycles. The van der Waals surface area contributed by atoms with Crippen LogP contribution in [0.1, 0.15) is 44.4 Å². The highest BCUT2D eigenvalue weighted by atomic mass is 16.5. The average molecular weight is 376 g/mol. The van der Waals surface area contributed by atoms with E-state index < -0.39 is 0 Å². The minimum atomic E-state index is 0.596. The maximum Gasteiger partial charge on any atom is 0.119 e. The highest BCUT2D eigenvalue weighted by Crippen LogP contribution is 2.30. The molecule has 0 fully saturated rings. The number of H-pyrrole nitrogens is 1. The molecule has 1 aliphatic rings. The first-order chi connectivity index (χ1) is 13.7. The van der Waals surface area contributed by atoms with Crippen LogP contribution in [0.25, 0.3) is 11.6 Å². The predicted octanol–water partition coefficient (Wildman–Crippen LogP) is 5.37. The van der Waals surface area contributed by atoms with Crippen molar-refractivity contribution in [2.75, 3.05) is 13.2 Å². The summed E-state index contributed by atoms with van der Waals surface area (Å²) in [6.45, 7) is 5.63. The number of hydrogen-bond donors (Lipinski definition) is 2. The summed E-state index contributed by atoms with van der Waals surface area (Å²) in [5.74, 6) is 0.919. The van der Waals surface area contributed by atoms with Gasteiger partial charge in [0.2, 0.25) is 0 Å². The summed E-state index contributed by atoms with van der Waals surface area (Å²) in [5, 5.41) is 0. The topological polar surface area (TPSA) is 63.4 Å². The van der Waals surface area contributed by atoms with Gasteiger partial charge in [-0.05, 0) is 73.9 Å². The normalized spacial score (nSPS) is 15.7. The molecule has 0 atom stereocenters. The van der Waals surface area contributed by atoms with E-state index in [1.165, 1.54) is 5.57 Å². The number of rotatable bonds is 9. The fraction of sp³-hybridized carbons (Fsp3) is 0.292. The van der Waals surface area contributed by atoms with E-state index in [9.17, 15) is 0 Å². The monoisotopic (exact) mass is 375 g/mol. The minimum Gasteiger partial charge on any atom is -0.494 e.